The number of allylic oxidation sites excluding steroid dienone is 2. The minimum Gasteiger partial charge on any atom is -0.393 e. The van der Waals surface area contributed by atoms with E-state index in [1.54, 1.807) is 0 Å². The summed E-state index contributed by atoms with van der Waals surface area (Å²) in [5.41, 5.74) is 0.108. The Morgan fingerprint density at radius 1 is 0.952 bits per heavy atom. The lowest BCUT2D eigenvalue weighted by Crippen LogP contribution is -2.66. The van der Waals surface area contributed by atoms with Crippen molar-refractivity contribution in [2.24, 2.45) is 45.3 Å². The smallest absolute Gasteiger partial charge is 0.186 e. The van der Waals surface area contributed by atoms with Gasteiger partial charge in [-0.1, -0.05) is 46.3 Å². The number of carbonyl (C=O) groups excluding carboxylic acids is 1. The summed E-state index contributed by atoms with van der Waals surface area (Å²) in [7, 11) is 0. The van der Waals surface area contributed by atoms with Gasteiger partial charge in [-0.3, -0.25) is 4.79 Å². The maximum absolute atomic E-state index is 14.5. The van der Waals surface area contributed by atoms with Crippen molar-refractivity contribution >= 4 is 5.78 Å². The van der Waals surface area contributed by atoms with Gasteiger partial charge in [-0.2, -0.15) is 0 Å². The largest absolute Gasteiger partial charge is 0.393 e. The van der Waals surface area contributed by atoms with Gasteiger partial charge in [0.15, 0.2) is 6.29 Å². The number of fused-ring (bicyclic) bond motifs is 5. The molecule has 0 aromatic rings. The number of hydrogen-bond acceptors (Lipinski definition) is 7. The Kier molecular flexibility index (Phi) is 8.46. The minimum absolute atomic E-state index is 0.00801. The highest BCUT2D eigenvalue weighted by Crippen LogP contribution is 2.75. The van der Waals surface area contributed by atoms with Crippen molar-refractivity contribution in [2.75, 3.05) is 6.61 Å². The first-order chi connectivity index (χ1) is 19.4. The average molecular weight is 591 g/mol. The molecule has 4 N–H and O–H groups in total. The van der Waals surface area contributed by atoms with E-state index in [0.717, 1.165) is 44.9 Å². The number of Topliss-reactive ketones (excluding diaryl/α,β-unsaturated/α-hetero) is 1. The van der Waals surface area contributed by atoms with E-state index in [2.05, 4.69) is 61.5 Å². The van der Waals surface area contributed by atoms with Gasteiger partial charge in [-0.25, -0.2) is 0 Å². The van der Waals surface area contributed by atoms with Crippen LogP contribution in [-0.4, -0.2) is 69.1 Å². The third kappa shape index (κ3) is 4.79. The van der Waals surface area contributed by atoms with Crippen LogP contribution < -0.4 is 0 Å². The highest BCUT2D eigenvalue weighted by atomic mass is 16.7. The summed E-state index contributed by atoms with van der Waals surface area (Å²) in [6.07, 6.45) is 4.67. The zero-order valence-electron chi connectivity index (χ0n) is 27.4. The Morgan fingerprint density at radius 2 is 1.62 bits per heavy atom. The van der Waals surface area contributed by atoms with Crippen molar-refractivity contribution in [1.29, 1.82) is 0 Å². The van der Waals surface area contributed by atoms with Crippen LogP contribution in [0, 0.1) is 45.3 Å². The molecule has 7 nitrogen and oxygen atoms in total. The summed E-state index contributed by atoms with van der Waals surface area (Å²) < 4.78 is 12.4. The van der Waals surface area contributed by atoms with Gasteiger partial charge in [0.05, 0.1) is 18.3 Å². The molecule has 0 aromatic carbocycles. The van der Waals surface area contributed by atoms with Crippen LogP contribution >= 0.6 is 0 Å². The van der Waals surface area contributed by atoms with E-state index in [9.17, 15) is 25.2 Å². The van der Waals surface area contributed by atoms with Crippen LogP contribution in [0.2, 0.25) is 0 Å². The van der Waals surface area contributed by atoms with Crippen molar-refractivity contribution in [3.8, 4) is 0 Å². The first kappa shape index (κ1) is 32.6. The van der Waals surface area contributed by atoms with Crippen LogP contribution in [0.25, 0.3) is 0 Å². The molecule has 5 unspecified atom stereocenters. The van der Waals surface area contributed by atoms with Crippen LogP contribution in [-0.2, 0) is 14.3 Å². The molecule has 0 amide bonds. The zero-order chi connectivity index (χ0) is 31.0. The molecule has 13 atom stereocenters. The molecular formula is C35H58O7. The van der Waals surface area contributed by atoms with Gasteiger partial charge in [-0.15, -0.1) is 0 Å². The Bertz CT molecular complexity index is 1070. The van der Waals surface area contributed by atoms with Crippen molar-refractivity contribution in [2.45, 2.75) is 149 Å². The fourth-order valence-electron chi connectivity index (χ4n) is 11.2. The van der Waals surface area contributed by atoms with E-state index in [1.165, 1.54) is 5.57 Å². The van der Waals surface area contributed by atoms with Crippen molar-refractivity contribution in [3.05, 3.63) is 11.6 Å². The van der Waals surface area contributed by atoms with Crippen LogP contribution in [0.3, 0.4) is 0 Å². The normalized spacial score (nSPS) is 49.8. The molecule has 4 aliphatic carbocycles. The van der Waals surface area contributed by atoms with E-state index >= 15 is 0 Å². The molecule has 4 saturated carbocycles. The second-order valence-corrected chi connectivity index (χ2v) is 16.7. The predicted molar refractivity (Wildman–Crippen MR) is 161 cm³/mol. The molecule has 0 spiro atoms. The van der Waals surface area contributed by atoms with Gasteiger partial charge in [-0.05, 0) is 112 Å². The molecule has 7 heteroatoms. The quantitative estimate of drug-likeness (QED) is 0.315. The van der Waals surface area contributed by atoms with Gasteiger partial charge in [0.25, 0.3) is 0 Å². The Hall–Kier alpha value is -0.830. The molecule has 1 saturated heterocycles. The first-order valence-corrected chi connectivity index (χ1v) is 16.6. The van der Waals surface area contributed by atoms with Crippen molar-refractivity contribution < 1.29 is 34.7 Å². The Balaban J connectivity index is 1.48. The number of aliphatic hydroxyl groups is 4. The number of hydrogen-bond donors (Lipinski definition) is 4. The van der Waals surface area contributed by atoms with Crippen molar-refractivity contribution in [3.63, 3.8) is 0 Å². The lowest BCUT2D eigenvalue weighted by Gasteiger charge is -2.69. The number of ether oxygens (including phenoxy) is 2. The molecule has 5 rings (SSSR count). The van der Waals surface area contributed by atoms with Crippen LogP contribution in [0.1, 0.15) is 113 Å². The maximum atomic E-state index is 14.5. The molecule has 0 radical (unpaired) electrons. The lowest BCUT2D eigenvalue weighted by molar-refractivity contribution is -0.310. The molecule has 42 heavy (non-hydrogen) atoms. The molecule has 1 aliphatic heterocycles. The summed E-state index contributed by atoms with van der Waals surface area (Å²) in [6, 6.07) is 0. The van der Waals surface area contributed by atoms with E-state index in [-0.39, 0.29) is 52.1 Å². The highest BCUT2D eigenvalue weighted by molar-refractivity contribution is 5.84. The monoisotopic (exact) mass is 590 g/mol. The van der Waals surface area contributed by atoms with E-state index in [0.29, 0.717) is 24.5 Å². The predicted octanol–water partition coefficient (Wildman–Crippen LogP) is 5.17. The summed E-state index contributed by atoms with van der Waals surface area (Å²) in [5, 5.41) is 42.2. The summed E-state index contributed by atoms with van der Waals surface area (Å²) in [4.78, 5) is 14.5. The average Bonchev–Trinajstić information content (AvgIpc) is 3.29. The van der Waals surface area contributed by atoms with Gasteiger partial charge >= 0.3 is 0 Å². The summed E-state index contributed by atoms with van der Waals surface area (Å²) in [6.45, 7) is 17.8. The number of ketones is 1. The standard InChI is InChI=1S/C35H58O7/c1-20(2)10-9-14-35(8,42-30-29(40)28(39)23(37)19-41-30)21-11-16-34(7)27(21)22(36)18-25-32(5)15-13-26(38)31(3,4)24(32)12-17-33(25,34)6/h10,21,23-30,37-40H,9,11-19H2,1-8H3/t21?,23-,24?,25?,26+,27?,28+,29?,30+,32+,33-,34-,35+/m1/s1. The van der Waals surface area contributed by atoms with Crippen LogP contribution in [0.15, 0.2) is 11.6 Å². The molecule has 0 bridgehead atoms. The molecule has 5 aliphatic rings. The van der Waals surface area contributed by atoms with Gasteiger partial charge < -0.3 is 29.9 Å². The third-order valence-corrected chi connectivity index (χ3v) is 14.0. The molecule has 0 aromatic heterocycles. The lowest BCUT2D eigenvalue weighted by atomic mass is 9.35. The topological polar surface area (TPSA) is 116 Å². The number of aliphatic hydroxyl groups excluding tert-OH is 4. The first-order valence-electron chi connectivity index (χ1n) is 16.6. The zero-order valence-corrected chi connectivity index (χ0v) is 27.4. The number of carbonyl (C=O) groups is 1. The van der Waals surface area contributed by atoms with Crippen LogP contribution in [0.4, 0.5) is 0 Å². The second kappa shape index (κ2) is 10.9. The van der Waals surface area contributed by atoms with Gasteiger partial charge in [0, 0.05) is 12.3 Å². The van der Waals surface area contributed by atoms with Crippen LogP contribution in [0.5, 0.6) is 0 Å². The molecule has 5 fully saturated rings. The molecular weight excluding hydrogens is 532 g/mol. The van der Waals surface area contributed by atoms with E-state index in [1.807, 2.05) is 0 Å². The fourth-order valence-corrected chi connectivity index (χ4v) is 11.2. The number of rotatable bonds is 6. The van der Waals surface area contributed by atoms with Gasteiger partial charge in [0.1, 0.15) is 24.1 Å². The maximum Gasteiger partial charge on any atom is 0.186 e. The van der Waals surface area contributed by atoms with Gasteiger partial charge in [0.2, 0.25) is 0 Å². The molecule has 1 heterocycles. The van der Waals surface area contributed by atoms with E-state index < -0.39 is 30.2 Å². The SMILES string of the molecule is CC(C)=CCC[C@](C)(O[C@@H]1OC[C@@H](O)[C@H](O)C1O)C1CC[C@]2(C)C1C(=O)CC1[C@@]3(C)CC[C@H](O)C(C)(C)C3CC[C@]12C. The summed E-state index contributed by atoms with van der Waals surface area (Å²) in [5.74, 6) is 0.801. The third-order valence-electron chi connectivity index (χ3n) is 14.0. The summed E-state index contributed by atoms with van der Waals surface area (Å²) >= 11 is 0. The fraction of sp³-hybridized carbons (Fsp3) is 0.914. The minimum atomic E-state index is -1.37. The Labute approximate surface area is 253 Å². The molecule has 240 valence electrons. The Morgan fingerprint density at radius 3 is 2.29 bits per heavy atom. The van der Waals surface area contributed by atoms with E-state index in [4.69, 9.17) is 9.47 Å². The van der Waals surface area contributed by atoms with Crippen molar-refractivity contribution in [1.82, 2.24) is 0 Å². The highest BCUT2D eigenvalue weighted by Gasteiger charge is 2.71. The second-order valence-electron chi connectivity index (χ2n) is 16.7.